The average Bonchev–Trinajstić information content (AvgIpc) is 2.71. The maximum atomic E-state index is 11.9. The Labute approximate surface area is 110 Å². The third kappa shape index (κ3) is 2.63. The first-order chi connectivity index (χ1) is 8.81. The number of benzene rings is 1. The van der Waals surface area contributed by atoms with Crippen LogP contribution in [0.4, 0.5) is 0 Å². The molecule has 1 aromatic carbocycles. The van der Waals surface area contributed by atoms with Crippen molar-refractivity contribution in [2.24, 2.45) is 0 Å². The molecule has 0 unspecified atom stereocenters. The summed E-state index contributed by atoms with van der Waals surface area (Å²) >= 11 is 0. The molecule has 0 fully saturated rings. The molecule has 0 atom stereocenters. The lowest BCUT2D eigenvalue weighted by Crippen LogP contribution is -2.15. The van der Waals surface area contributed by atoms with Gasteiger partial charge >= 0.3 is 5.97 Å². The maximum absolute atomic E-state index is 11.9. The summed E-state index contributed by atoms with van der Waals surface area (Å²) in [6.07, 6.45) is 1.37. The van der Waals surface area contributed by atoms with Crippen LogP contribution >= 0.6 is 0 Å². The minimum atomic E-state index is -3.25. The van der Waals surface area contributed by atoms with E-state index in [1.807, 2.05) is 0 Å². The smallest absolute Gasteiger partial charge is 0.335 e. The lowest BCUT2D eigenvalue weighted by atomic mass is 10.1. The number of fused-ring (bicyclic) bond motifs is 1. The molecule has 102 valence electrons. The molecule has 2 aromatic rings. The van der Waals surface area contributed by atoms with Crippen LogP contribution in [0.5, 0.6) is 0 Å². The fraction of sp³-hybridized carbons (Fsp3) is 0.308. The van der Waals surface area contributed by atoms with Crippen LogP contribution in [0.2, 0.25) is 0 Å². The SMILES string of the molecule is CC(C)S(=O)(=O)Cc1coc2ccc(C(=O)O)cc12. The van der Waals surface area contributed by atoms with Gasteiger partial charge < -0.3 is 9.52 Å². The first kappa shape index (κ1) is 13.6. The number of rotatable bonds is 4. The molecule has 0 radical (unpaired) electrons. The molecule has 0 saturated heterocycles. The number of hydrogen-bond acceptors (Lipinski definition) is 4. The van der Waals surface area contributed by atoms with Crippen molar-refractivity contribution in [3.05, 3.63) is 35.6 Å². The first-order valence-electron chi connectivity index (χ1n) is 5.76. The second-order valence-corrected chi connectivity index (χ2v) is 7.19. The summed E-state index contributed by atoms with van der Waals surface area (Å²) in [5, 5.41) is 8.99. The first-order valence-corrected chi connectivity index (χ1v) is 7.48. The van der Waals surface area contributed by atoms with Crippen LogP contribution in [-0.2, 0) is 15.6 Å². The van der Waals surface area contributed by atoms with Crippen molar-refractivity contribution in [2.75, 3.05) is 0 Å². The van der Waals surface area contributed by atoms with E-state index in [0.717, 1.165) is 0 Å². The molecule has 1 heterocycles. The zero-order valence-electron chi connectivity index (χ0n) is 10.6. The van der Waals surface area contributed by atoms with Gasteiger partial charge in [-0.15, -0.1) is 0 Å². The number of aromatic carboxylic acids is 1. The molecule has 2 rings (SSSR count). The van der Waals surface area contributed by atoms with Gasteiger partial charge in [-0.3, -0.25) is 0 Å². The van der Waals surface area contributed by atoms with E-state index < -0.39 is 21.1 Å². The molecule has 6 heteroatoms. The third-order valence-corrected chi connectivity index (χ3v) is 5.13. The number of furan rings is 1. The van der Waals surface area contributed by atoms with E-state index in [4.69, 9.17) is 9.52 Å². The fourth-order valence-corrected chi connectivity index (χ4v) is 2.70. The topological polar surface area (TPSA) is 84.6 Å². The minimum absolute atomic E-state index is 0.108. The van der Waals surface area contributed by atoms with Gasteiger partial charge in [0, 0.05) is 10.9 Å². The highest BCUT2D eigenvalue weighted by Gasteiger charge is 2.20. The fourth-order valence-electron chi connectivity index (χ4n) is 1.71. The van der Waals surface area contributed by atoms with Gasteiger partial charge in [-0.05, 0) is 32.0 Å². The normalized spacial score (nSPS) is 12.2. The largest absolute Gasteiger partial charge is 0.478 e. The number of carboxylic acids is 1. The number of sulfone groups is 1. The van der Waals surface area contributed by atoms with Crippen LogP contribution in [0, 0.1) is 0 Å². The summed E-state index contributed by atoms with van der Waals surface area (Å²) in [5.41, 5.74) is 1.09. The number of hydrogen-bond donors (Lipinski definition) is 1. The summed E-state index contributed by atoms with van der Waals surface area (Å²) in [6.45, 7) is 3.22. The van der Waals surface area contributed by atoms with Gasteiger partial charge in [-0.1, -0.05) is 0 Å². The van der Waals surface area contributed by atoms with E-state index in [0.29, 0.717) is 16.5 Å². The molecule has 19 heavy (non-hydrogen) atoms. The Morgan fingerprint density at radius 1 is 1.37 bits per heavy atom. The Kier molecular flexibility index (Phi) is 3.36. The van der Waals surface area contributed by atoms with Gasteiger partial charge in [0.05, 0.1) is 22.8 Å². The predicted molar refractivity (Wildman–Crippen MR) is 70.9 cm³/mol. The van der Waals surface area contributed by atoms with E-state index >= 15 is 0 Å². The van der Waals surface area contributed by atoms with Crippen molar-refractivity contribution in [1.82, 2.24) is 0 Å². The quantitative estimate of drug-likeness (QED) is 0.931. The molecule has 0 aliphatic carbocycles. The average molecular weight is 282 g/mol. The van der Waals surface area contributed by atoms with Gasteiger partial charge in [0.2, 0.25) is 0 Å². The standard InChI is InChI=1S/C13H14O5S/c1-8(2)19(16,17)7-10-6-18-12-4-3-9(13(14)15)5-11(10)12/h3-6,8H,7H2,1-2H3,(H,14,15). The van der Waals surface area contributed by atoms with Crippen molar-refractivity contribution in [3.8, 4) is 0 Å². The van der Waals surface area contributed by atoms with E-state index in [-0.39, 0.29) is 11.3 Å². The maximum Gasteiger partial charge on any atom is 0.335 e. The molecule has 0 aliphatic rings. The summed E-state index contributed by atoms with van der Waals surface area (Å²) in [7, 11) is -3.25. The van der Waals surface area contributed by atoms with Gasteiger partial charge in [0.15, 0.2) is 9.84 Å². The van der Waals surface area contributed by atoms with Crippen molar-refractivity contribution >= 4 is 26.8 Å². The minimum Gasteiger partial charge on any atom is -0.478 e. The molecule has 0 bridgehead atoms. The highest BCUT2D eigenvalue weighted by Crippen LogP contribution is 2.25. The molecule has 0 aliphatic heterocycles. The molecule has 1 aromatic heterocycles. The Bertz CT molecular complexity index is 725. The Morgan fingerprint density at radius 3 is 2.63 bits per heavy atom. The molecular formula is C13H14O5S. The van der Waals surface area contributed by atoms with Crippen molar-refractivity contribution in [3.63, 3.8) is 0 Å². The second kappa shape index (κ2) is 4.70. The van der Waals surface area contributed by atoms with Crippen LogP contribution in [0.15, 0.2) is 28.9 Å². The number of carbonyl (C=O) groups is 1. The number of carboxylic acid groups (broad SMARTS) is 1. The Morgan fingerprint density at radius 2 is 2.05 bits per heavy atom. The van der Waals surface area contributed by atoms with E-state index in [9.17, 15) is 13.2 Å². The Hall–Kier alpha value is -1.82. The lowest BCUT2D eigenvalue weighted by Gasteiger charge is -2.06. The van der Waals surface area contributed by atoms with Gasteiger partial charge in [0.25, 0.3) is 0 Å². The second-order valence-electron chi connectivity index (χ2n) is 4.63. The van der Waals surface area contributed by atoms with Crippen molar-refractivity contribution < 1.29 is 22.7 Å². The van der Waals surface area contributed by atoms with Crippen LogP contribution < -0.4 is 0 Å². The molecule has 0 amide bonds. The highest BCUT2D eigenvalue weighted by atomic mass is 32.2. The summed E-state index contributed by atoms with van der Waals surface area (Å²) < 4.78 is 29.1. The van der Waals surface area contributed by atoms with Gasteiger partial charge in [-0.2, -0.15) is 0 Å². The highest BCUT2D eigenvalue weighted by molar-refractivity contribution is 7.91. The van der Waals surface area contributed by atoms with Crippen LogP contribution in [0.3, 0.4) is 0 Å². The summed E-state index contributed by atoms with van der Waals surface area (Å²) in [5.74, 6) is -1.21. The molecule has 1 N–H and O–H groups in total. The van der Waals surface area contributed by atoms with E-state index in [2.05, 4.69) is 0 Å². The Balaban J connectivity index is 2.50. The zero-order valence-corrected chi connectivity index (χ0v) is 11.4. The summed E-state index contributed by atoms with van der Waals surface area (Å²) in [6, 6.07) is 4.39. The lowest BCUT2D eigenvalue weighted by molar-refractivity contribution is 0.0697. The van der Waals surface area contributed by atoms with Crippen LogP contribution in [-0.4, -0.2) is 24.7 Å². The zero-order chi connectivity index (χ0) is 14.2. The van der Waals surface area contributed by atoms with Crippen molar-refractivity contribution in [2.45, 2.75) is 24.9 Å². The van der Waals surface area contributed by atoms with E-state index in [1.54, 1.807) is 13.8 Å². The van der Waals surface area contributed by atoms with Gasteiger partial charge in [-0.25, -0.2) is 13.2 Å². The van der Waals surface area contributed by atoms with E-state index in [1.165, 1.54) is 24.5 Å². The molecule has 0 saturated carbocycles. The van der Waals surface area contributed by atoms with Gasteiger partial charge in [0.1, 0.15) is 5.58 Å². The molecule has 0 spiro atoms. The molecule has 5 nitrogen and oxygen atoms in total. The van der Waals surface area contributed by atoms with Crippen molar-refractivity contribution in [1.29, 1.82) is 0 Å². The van der Waals surface area contributed by atoms with Crippen LogP contribution in [0.25, 0.3) is 11.0 Å². The molecular weight excluding hydrogens is 268 g/mol. The van der Waals surface area contributed by atoms with Crippen LogP contribution in [0.1, 0.15) is 29.8 Å². The monoisotopic (exact) mass is 282 g/mol. The summed E-state index contributed by atoms with van der Waals surface area (Å²) in [4.78, 5) is 10.9. The predicted octanol–water partition coefficient (Wildman–Crippen LogP) is 2.45. The third-order valence-electron chi connectivity index (χ3n) is 2.98.